The van der Waals surface area contributed by atoms with E-state index in [1.807, 2.05) is 19.1 Å². The highest BCUT2D eigenvalue weighted by molar-refractivity contribution is 6.03. The van der Waals surface area contributed by atoms with Crippen molar-refractivity contribution in [2.45, 2.75) is 68.2 Å². The summed E-state index contributed by atoms with van der Waals surface area (Å²) in [6, 6.07) is 3.95. The number of carbonyl (C=O) groups is 2. The largest absolute Gasteiger partial charge is 0.395 e. The van der Waals surface area contributed by atoms with Crippen molar-refractivity contribution in [3.63, 3.8) is 0 Å². The summed E-state index contributed by atoms with van der Waals surface area (Å²) < 4.78 is 0. The lowest BCUT2D eigenvalue weighted by molar-refractivity contribution is -0.123. The zero-order chi connectivity index (χ0) is 22.3. The van der Waals surface area contributed by atoms with E-state index in [-0.39, 0.29) is 35.2 Å². The molecule has 1 N–H and O–H groups in total. The topological polar surface area (TPSA) is 102 Å². The van der Waals surface area contributed by atoms with Gasteiger partial charge in [-0.15, -0.1) is 0 Å². The molecule has 0 heterocycles. The maximum Gasteiger partial charge on any atom is 0.178 e. The van der Waals surface area contributed by atoms with E-state index in [1.54, 1.807) is 54.5 Å². The second kappa shape index (κ2) is 9.80. The van der Waals surface area contributed by atoms with E-state index in [9.17, 15) is 25.2 Å². The minimum Gasteiger partial charge on any atom is -0.395 e. The molecule has 0 amide bonds. The van der Waals surface area contributed by atoms with E-state index < -0.39 is 16.2 Å². The van der Waals surface area contributed by atoms with Gasteiger partial charge < -0.3 is 5.11 Å². The zero-order valence-electron chi connectivity index (χ0n) is 18.5. The minimum absolute atomic E-state index is 0.0490. The maximum absolute atomic E-state index is 12.8. The van der Waals surface area contributed by atoms with Crippen molar-refractivity contribution in [2.75, 3.05) is 6.61 Å². The van der Waals surface area contributed by atoms with Crippen molar-refractivity contribution >= 4 is 11.6 Å². The summed E-state index contributed by atoms with van der Waals surface area (Å²) in [6.07, 6.45) is 4.30. The Bertz CT molecular complexity index is 735. The fourth-order valence-electron chi connectivity index (χ4n) is 2.59. The molecule has 0 aliphatic rings. The number of ketones is 2. The lowest BCUT2D eigenvalue weighted by Gasteiger charge is -2.25. The van der Waals surface area contributed by atoms with Crippen LogP contribution >= 0.6 is 0 Å². The predicted octanol–water partition coefficient (Wildman–Crippen LogP) is 4.53. The molecule has 0 aromatic rings. The van der Waals surface area contributed by atoms with Gasteiger partial charge >= 0.3 is 0 Å². The van der Waals surface area contributed by atoms with E-state index in [2.05, 4.69) is 0 Å². The molecule has 28 heavy (non-hydrogen) atoms. The fraction of sp³-hybridized carbons (Fsp3) is 0.652. The van der Waals surface area contributed by atoms with Crippen molar-refractivity contribution < 1.29 is 14.7 Å². The molecule has 0 bridgehead atoms. The number of carbonyl (C=O) groups excluding carboxylic acids is 2. The normalized spacial score (nSPS) is 14.8. The smallest absolute Gasteiger partial charge is 0.178 e. The van der Waals surface area contributed by atoms with Crippen molar-refractivity contribution in [1.82, 2.24) is 0 Å². The first-order valence-corrected chi connectivity index (χ1v) is 9.56. The Hall–Kier alpha value is -2.24. The number of rotatable bonds is 9. The first-order valence-electron chi connectivity index (χ1n) is 9.56. The molecule has 0 aliphatic carbocycles. The fourth-order valence-corrected chi connectivity index (χ4v) is 2.59. The van der Waals surface area contributed by atoms with Gasteiger partial charge in [0.25, 0.3) is 0 Å². The van der Waals surface area contributed by atoms with E-state index in [0.717, 1.165) is 0 Å². The van der Waals surface area contributed by atoms with Gasteiger partial charge in [-0.05, 0) is 18.8 Å². The SMILES string of the molecule is CC(/C=C(\C#N)C(=O)C(C)(C)C)CCC(C)(C)C(=O)/C(C#N)=C/C(C)(C)CO. The number of aliphatic hydroxyl groups is 1. The quantitative estimate of drug-likeness (QED) is 0.463. The average Bonchev–Trinajstić information content (AvgIpc) is 2.60. The Kier molecular flexibility index (Phi) is 9.02. The summed E-state index contributed by atoms with van der Waals surface area (Å²) in [6.45, 7) is 14.2. The summed E-state index contributed by atoms with van der Waals surface area (Å²) in [5.74, 6) is -0.520. The van der Waals surface area contributed by atoms with Crippen molar-refractivity contribution in [3.8, 4) is 12.1 Å². The van der Waals surface area contributed by atoms with E-state index in [4.69, 9.17) is 0 Å². The predicted molar refractivity (Wildman–Crippen MR) is 110 cm³/mol. The molecule has 0 aromatic heterocycles. The highest BCUT2D eigenvalue weighted by Crippen LogP contribution is 2.31. The van der Waals surface area contributed by atoms with Crippen LogP contribution in [-0.2, 0) is 9.59 Å². The molecule has 0 fully saturated rings. The number of nitrogens with zero attached hydrogens (tertiary/aromatic N) is 2. The van der Waals surface area contributed by atoms with Gasteiger partial charge in [-0.3, -0.25) is 9.59 Å². The molecule has 0 saturated heterocycles. The summed E-state index contributed by atoms with van der Waals surface area (Å²) in [5.41, 5.74) is -1.85. The van der Waals surface area contributed by atoms with E-state index >= 15 is 0 Å². The lowest BCUT2D eigenvalue weighted by atomic mass is 9.77. The summed E-state index contributed by atoms with van der Waals surface area (Å²) in [5, 5.41) is 28.1. The first-order chi connectivity index (χ1) is 12.6. The minimum atomic E-state index is -0.768. The second-order valence-corrected chi connectivity index (χ2v) is 9.82. The van der Waals surface area contributed by atoms with Gasteiger partial charge in [0, 0.05) is 16.2 Å². The van der Waals surface area contributed by atoms with Crippen molar-refractivity contribution in [1.29, 1.82) is 10.5 Å². The molecule has 1 atom stereocenters. The third kappa shape index (κ3) is 7.79. The van der Waals surface area contributed by atoms with Gasteiger partial charge in [0.1, 0.15) is 12.1 Å². The monoisotopic (exact) mass is 386 g/mol. The standard InChI is InChI=1S/C23H34N2O3/c1-16(11-17(13-24)19(27)21(2,3)4)9-10-23(7,8)20(28)18(14-25)12-22(5,6)15-26/h11-12,16,26H,9-10,15H2,1-8H3/b17-11+,18-12+. The van der Waals surface area contributed by atoms with E-state index in [0.29, 0.717) is 12.8 Å². The molecule has 0 aromatic carbocycles. The summed E-state index contributed by atoms with van der Waals surface area (Å²) in [4.78, 5) is 25.1. The third-order valence-corrected chi connectivity index (χ3v) is 4.64. The van der Waals surface area contributed by atoms with Crippen molar-refractivity contribution in [3.05, 3.63) is 23.3 Å². The number of allylic oxidation sites excluding steroid dienone is 3. The molecule has 0 rings (SSSR count). The average molecular weight is 387 g/mol. The first kappa shape index (κ1) is 25.8. The van der Waals surface area contributed by atoms with Crippen LogP contribution in [0.4, 0.5) is 0 Å². The van der Waals surface area contributed by atoms with Crippen LogP contribution in [0.25, 0.3) is 0 Å². The van der Waals surface area contributed by atoms with Gasteiger partial charge in [-0.2, -0.15) is 10.5 Å². The van der Waals surface area contributed by atoms with Crippen LogP contribution in [-0.4, -0.2) is 23.3 Å². The number of nitriles is 2. The van der Waals surface area contributed by atoms with Crippen LogP contribution in [0.1, 0.15) is 68.2 Å². The molecule has 5 heteroatoms. The van der Waals surface area contributed by atoms with Crippen LogP contribution in [0.15, 0.2) is 23.3 Å². The number of hydrogen-bond acceptors (Lipinski definition) is 5. The Balaban J connectivity index is 5.35. The molecule has 0 radical (unpaired) electrons. The molecular formula is C23H34N2O3. The molecule has 0 spiro atoms. The summed E-state index contributed by atoms with van der Waals surface area (Å²) >= 11 is 0. The summed E-state index contributed by atoms with van der Waals surface area (Å²) in [7, 11) is 0. The van der Waals surface area contributed by atoms with Crippen LogP contribution in [0.3, 0.4) is 0 Å². The van der Waals surface area contributed by atoms with Gasteiger partial charge in [0.05, 0.1) is 17.8 Å². The molecule has 0 saturated carbocycles. The van der Waals surface area contributed by atoms with Crippen LogP contribution in [0, 0.1) is 44.8 Å². The molecular weight excluding hydrogens is 352 g/mol. The Morgan fingerprint density at radius 3 is 1.86 bits per heavy atom. The van der Waals surface area contributed by atoms with Crippen LogP contribution in [0.2, 0.25) is 0 Å². The number of hydrogen-bond donors (Lipinski definition) is 1. The Morgan fingerprint density at radius 2 is 1.46 bits per heavy atom. The Labute approximate surface area is 169 Å². The van der Waals surface area contributed by atoms with Crippen LogP contribution < -0.4 is 0 Å². The van der Waals surface area contributed by atoms with Gasteiger partial charge in [0.15, 0.2) is 11.6 Å². The Morgan fingerprint density at radius 1 is 0.964 bits per heavy atom. The van der Waals surface area contributed by atoms with Gasteiger partial charge in [-0.25, -0.2) is 0 Å². The lowest BCUT2D eigenvalue weighted by Crippen LogP contribution is -2.27. The van der Waals surface area contributed by atoms with Gasteiger partial charge in [0.2, 0.25) is 0 Å². The molecule has 0 aliphatic heterocycles. The zero-order valence-corrected chi connectivity index (χ0v) is 18.5. The highest BCUT2D eigenvalue weighted by atomic mass is 16.3. The van der Waals surface area contributed by atoms with E-state index in [1.165, 1.54) is 6.08 Å². The molecule has 5 nitrogen and oxygen atoms in total. The van der Waals surface area contributed by atoms with Gasteiger partial charge in [-0.1, -0.05) is 67.5 Å². The number of Topliss-reactive ketones (excluding diaryl/α,β-unsaturated/α-hetero) is 2. The number of aliphatic hydroxyl groups excluding tert-OH is 1. The highest BCUT2D eigenvalue weighted by Gasteiger charge is 2.32. The van der Waals surface area contributed by atoms with Crippen LogP contribution in [0.5, 0.6) is 0 Å². The maximum atomic E-state index is 12.8. The second-order valence-electron chi connectivity index (χ2n) is 9.82. The third-order valence-electron chi connectivity index (χ3n) is 4.64. The molecule has 154 valence electrons. The van der Waals surface area contributed by atoms with Crippen molar-refractivity contribution in [2.24, 2.45) is 22.2 Å². The molecule has 1 unspecified atom stereocenters.